The summed E-state index contributed by atoms with van der Waals surface area (Å²) in [6, 6.07) is 12.9. The van der Waals surface area contributed by atoms with Crippen LogP contribution in [0.25, 0.3) is 28.1 Å². The van der Waals surface area contributed by atoms with E-state index in [1.807, 2.05) is 30.3 Å². The Kier molecular flexibility index (Phi) is 6.61. The van der Waals surface area contributed by atoms with Crippen molar-refractivity contribution in [3.05, 3.63) is 48.7 Å². The molecule has 0 aliphatic carbocycles. The van der Waals surface area contributed by atoms with Crippen LogP contribution in [0.3, 0.4) is 0 Å². The predicted octanol–water partition coefficient (Wildman–Crippen LogP) is 5.21. The summed E-state index contributed by atoms with van der Waals surface area (Å²) >= 11 is 1.28. The molecule has 1 aromatic carbocycles. The smallest absolute Gasteiger partial charge is 0.474 e. The summed E-state index contributed by atoms with van der Waals surface area (Å²) in [5.74, 6) is -1.59. The van der Waals surface area contributed by atoms with Crippen molar-refractivity contribution in [3.63, 3.8) is 0 Å². The number of ether oxygens (including phenoxy) is 1. The molecule has 0 saturated carbocycles. The summed E-state index contributed by atoms with van der Waals surface area (Å²) in [7, 11) is 0. The normalized spacial score (nSPS) is 13.8. The second kappa shape index (κ2) is 9.29. The van der Waals surface area contributed by atoms with E-state index in [1.165, 1.54) is 21.2 Å². The van der Waals surface area contributed by atoms with Crippen molar-refractivity contribution in [2.24, 2.45) is 4.36 Å². The molecule has 0 bridgehead atoms. The summed E-state index contributed by atoms with van der Waals surface area (Å²) in [5.41, 5.74) is 1.98. The van der Waals surface area contributed by atoms with Gasteiger partial charge in [-0.25, -0.2) is 13.7 Å². The molecule has 0 spiro atoms. The molecular formula is C20H16F3IN4O4S. The number of alkyl halides is 3. The summed E-state index contributed by atoms with van der Waals surface area (Å²) in [6.45, 7) is -3.11. The Balaban J connectivity index is 1.39. The Labute approximate surface area is 197 Å². The van der Waals surface area contributed by atoms with Crippen LogP contribution in [-0.2, 0) is 11.7 Å². The van der Waals surface area contributed by atoms with Gasteiger partial charge in [0.05, 0.1) is 12.8 Å². The number of halogens is 4. The zero-order chi connectivity index (χ0) is 23.6. The first-order chi connectivity index (χ1) is 15.6. The molecule has 1 amide bonds. The lowest BCUT2D eigenvalue weighted by Gasteiger charge is -2.07. The number of nitrogens with zero attached hydrogens (tertiary/aromatic N) is 4. The van der Waals surface area contributed by atoms with Crippen LogP contribution in [0.1, 0.15) is 12.8 Å². The molecule has 0 aliphatic rings. The van der Waals surface area contributed by atoms with Gasteiger partial charge in [0.15, 0.2) is 11.4 Å². The first-order valence-electron chi connectivity index (χ1n) is 9.64. The Hall–Kier alpha value is -2.68. The van der Waals surface area contributed by atoms with Gasteiger partial charge in [0.1, 0.15) is 18.2 Å². The number of unbranched alkanes of at least 4 members (excludes halogenated alkanes) is 1. The van der Waals surface area contributed by atoms with Gasteiger partial charge in [-0.2, -0.15) is 13.2 Å². The van der Waals surface area contributed by atoms with Gasteiger partial charge < -0.3 is 9.15 Å². The SMILES string of the molecule is O=C(N=S(=O)(I)CCCCOc1ccc2ncc(-c3cc4ccccc4o3)n2n1)C(F)(F)F. The number of carbonyl (C=O) groups is 1. The zero-order valence-corrected chi connectivity index (χ0v) is 19.8. The van der Waals surface area contributed by atoms with Crippen LogP contribution in [0.4, 0.5) is 13.2 Å². The molecule has 3 aromatic heterocycles. The summed E-state index contributed by atoms with van der Waals surface area (Å²) in [5, 5.41) is 5.37. The van der Waals surface area contributed by atoms with Crippen molar-refractivity contribution in [2.75, 3.05) is 12.4 Å². The molecule has 33 heavy (non-hydrogen) atoms. The molecule has 0 fully saturated rings. The monoisotopic (exact) mass is 592 g/mol. The summed E-state index contributed by atoms with van der Waals surface area (Å²) in [6.07, 6.45) is -2.84. The Morgan fingerprint density at radius 2 is 2.00 bits per heavy atom. The minimum absolute atomic E-state index is 0.164. The summed E-state index contributed by atoms with van der Waals surface area (Å²) < 4.78 is 64.8. The Morgan fingerprint density at radius 3 is 2.76 bits per heavy atom. The largest absolute Gasteiger partial charge is 0.477 e. The molecule has 1 unspecified atom stereocenters. The van der Waals surface area contributed by atoms with Crippen LogP contribution in [0, 0.1) is 0 Å². The van der Waals surface area contributed by atoms with Gasteiger partial charge >= 0.3 is 12.1 Å². The lowest BCUT2D eigenvalue weighted by molar-refractivity contribution is -0.169. The topological polar surface area (TPSA) is 99.1 Å². The van der Waals surface area contributed by atoms with Gasteiger partial charge in [0, 0.05) is 38.4 Å². The molecule has 0 radical (unpaired) electrons. The van der Waals surface area contributed by atoms with Crippen LogP contribution in [-0.4, -0.2) is 43.3 Å². The highest BCUT2D eigenvalue weighted by atomic mass is 127. The van der Waals surface area contributed by atoms with E-state index in [2.05, 4.69) is 14.4 Å². The van der Waals surface area contributed by atoms with Gasteiger partial charge in [-0.15, -0.1) is 9.46 Å². The van der Waals surface area contributed by atoms with E-state index in [0.29, 0.717) is 29.4 Å². The number of carbonyl (C=O) groups excluding carboxylic acids is 1. The average Bonchev–Trinajstić information content (AvgIpc) is 3.35. The van der Waals surface area contributed by atoms with Gasteiger partial charge in [-0.3, -0.25) is 4.79 Å². The number of hydrogen-bond acceptors (Lipinski definition) is 6. The van der Waals surface area contributed by atoms with Crippen molar-refractivity contribution in [3.8, 4) is 17.3 Å². The molecule has 8 nitrogen and oxygen atoms in total. The van der Waals surface area contributed by atoms with E-state index in [9.17, 15) is 22.2 Å². The molecular weight excluding hydrogens is 576 g/mol. The molecule has 3 heterocycles. The fraction of sp³-hybridized carbons (Fsp3) is 0.250. The van der Waals surface area contributed by atoms with Gasteiger partial charge in [0.2, 0.25) is 5.88 Å². The fourth-order valence-corrected chi connectivity index (χ4v) is 5.46. The van der Waals surface area contributed by atoms with E-state index in [4.69, 9.17) is 9.15 Å². The molecule has 0 N–H and O–H groups in total. The molecule has 1 atom stereocenters. The van der Waals surface area contributed by atoms with Crippen molar-refractivity contribution in [1.29, 1.82) is 0 Å². The first kappa shape index (κ1) is 23.5. The highest BCUT2D eigenvalue weighted by Crippen LogP contribution is 2.28. The highest BCUT2D eigenvalue weighted by Gasteiger charge is 2.39. The number of furan rings is 1. The second-order valence-corrected chi connectivity index (χ2v) is 12.8. The van der Waals surface area contributed by atoms with E-state index < -0.39 is 19.0 Å². The Bertz CT molecular complexity index is 1410. The number of aromatic nitrogens is 3. The van der Waals surface area contributed by atoms with Crippen LogP contribution in [0.2, 0.25) is 0 Å². The van der Waals surface area contributed by atoms with Crippen molar-refractivity contribution < 1.29 is 31.3 Å². The maximum absolute atomic E-state index is 12.3. The quantitative estimate of drug-likeness (QED) is 0.166. The van der Waals surface area contributed by atoms with E-state index in [0.717, 1.165) is 11.0 Å². The lowest BCUT2D eigenvalue weighted by atomic mass is 10.2. The van der Waals surface area contributed by atoms with E-state index >= 15 is 0 Å². The predicted molar refractivity (Wildman–Crippen MR) is 123 cm³/mol. The average molecular weight is 592 g/mol. The van der Waals surface area contributed by atoms with Crippen molar-refractivity contribution in [2.45, 2.75) is 19.0 Å². The molecule has 4 aromatic rings. The molecule has 174 valence electrons. The van der Waals surface area contributed by atoms with Crippen LogP contribution < -0.4 is 4.74 Å². The van der Waals surface area contributed by atoms with Gasteiger partial charge in [-0.05, 0) is 31.0 Å². The maximum atomic E-state index is 12.3. The number of benzene rings is 1. The standard InChI is InChI=1S/C20H16F3IN4O4S/c21-20(22,23)19(29)27-33(24,30)10-4-3-9-31-18-8-7-17-25-12-14(28(17)26-18)16-11-13-5-1-2-6-15(13)32-16/h1-2,5-8,11-12H,3-4,9-10H2. The highest BCUT2D eigenvalue weighted by molar-refractivity contribution is 14.2. The fourth-order valence-electron chi connectivity index (χ4n) is 2.99. The molecule has 4 rings (SSSR count). The number of hydrogen-bond donors (Lipinski definition) is 0. The number of amides is 1. The van der Waals surface area contributed by atoms with Gasteiger partial charge in [0.25, 0.3) is 0 Å². The molecule has 0 aliphatic heterocycles. The molecule has 13 heteroatoms. The van der Waals surface area contributed by atoms with Gasteiger partial charge in [-0.1, -0.05) is 18.2 Å². The van der Waals surface area contributed by atoms with Crippen molar-refractivity contribution >= 4 is 50.6 Å². The van der Waals surface area contributed by atoms with Crippen molar-refractivity contribution in [1.82, 2.24) is 14.6 Å². The van der Waals surface area contributed by atoms with Crippen LogP contribution in [0.5, 0.6) is 5.88 Å². The molecule has 0 saturated heterocycles. The second-order valence-electron chi connectivity index (χ2n) is 6.95. The zero-order valence-electron chi connectivity index (χ0n) is 16.8. The lowest BCUT2D eigenvalue weighted by Crippen LogP contribution is -2.21. The minimum atomic E-state index is -5.13. The van der Waals surface area contributed by atoms with Crippen LogP contribution >= 0.6 is 21.2 Å². The third-order valence-electron chi connectivity index (χ3n) is 4.52. The third-order valence-corrected chi connectivity index (χ3v) is 7.66. The Morgan fingerprint density at radius 1 is 1.21 bits per heavy atom. The number of imidazole rings is 1. The van der Waals surface area contributed by atoms with E-state index in [1.54, 1.807) is 22.8 Å². The first-order valence-corrected chi connectivity index (χ1v) is 13.9. The number of rotatable bonds is 7. The number of para-hydroxylation sites is 1. The minimum Gasteiger partial charge on any atom is -0.477 e. The van der Waals surface area contributed by atoms with Crippen LogP contribution in [0.15, 0.2) is 57.4 Å². The number of fused-ring (bicyclic) bond motifs is 2. The van der Waals surface area contributed by atoms with E-state index in [-0.39, 0.29) is 18.8 Å². The summed E-state index contributed by atoms with van der Waals surface area (Å²) in [4.78, 5) is 15.2. The third kappa shape index (κ3) is 5.63. The maximum Gasteiger partial charge on any atom is 0.474 e.